The number of aliphatic hydroxyl groups is 1. The first kappa shape index (κ1) is 8.89. The van der Waals surface area contributed by atoms with Gasteiger partial charge in [0.25, 0.3) is 0 Å². The Morgan fingerprint density at radius 3 is 3.07 bits per heavy atom. The quantitative estimate of drug-likeness (QED) is 0.724. The molecule has 1 unspecified atom stereocenters. The number of rotatable bonds is 3. The monoisotopic (exact) mass is 193 g/mol. The fourth-order valence-electron chi connectivity index (χ4n) is 1.12. The standard InChI is InChI=1S/C8H11N5O/c1-6(14)8-10-7(11-12-8)5-13-4-2-3-9-13/h2-4,6,14H,5H2,1H3,(H,10,11,12). The zero-order valence-electron chi connectivity index (χ0n) is 7.75. The summed E-state index contributed by atoms with van der Waals surface area (Å²) >= 11 is 0. The molecule has 0 aliphatic heterocycles. The van der Waals surface area contributed by atoms with Gasteiger partial charge in [-0.25, -0.2) is 4.98 Å². The van der Waals surface area contributed by atoms with E-state index in [-0.39, 0.29) is 0 Å². The van der Waals surface area contributed by atoms with Crippen LogP contribution >= 0.6 is 0 Å². The number of hydrogen-bond acceptors (Lipinski definition) is 4. The van der Waals surface area contributed by atoms with E-state index in [0.29, 0.717) is 18.2 Å². The summed E-state index contributed by atoms with van der Waals surface area (Å²) in [7, 11) is 0. The number of hydrogen-bond donors (Lipinski definition) is 2. The van der Waals surface area contributed by atoms with E-state index in [1.807, 2.05) is 12.3 Å². The molecule has 0 radical (unpaired) electrons. The van der Waals surface area contributed by atoms with E-state index >= 15 is 0 Å². The van der Waals surface area contributed by atoms with E-state index in [0.717, 1.165) is 0 Å². The number of aliphatic hydroxyl groups excluding tert-OH is 1. The highest BCUT2D eigenvalue weighted by Gasteiger charge is 2.08. The molecule has 0 aliphatic carbocycles. The molecule has 0 aromatic carbocycles. The van der Waals surface area contributed by atoms with Gasteiger partial charge in [0.2, 0.25) is 0 Å². The van der Waals surface area contributed by atoms with Gasteiger partial charge in [0.05, 0.1) is 0 Å². The van der Waals surface area contributed by atoms with Crippen LogP contribution in [0.15, 0.2) is 18.5 Å². The van der Waals surface area contributed by atoms with Crippen LogP contribution in [0.25, 0.3) is 0 Å². The van der Waals surface area contributed by atoms with Gasteiger partial charge in [-0.3, -0.25) is 9.78 Å². The second kappa shape index (κ2) is 3.59. The molecule has 2 rings (SSSR count). The van der Waals surface area contributed by atoms with E-state index in [1.54, 1.807) is 17.8 Å². The maximum Gasteiger partial charge on any atom is 0.178 e. The SMILES string of the molecule is CC(O)c1n[nH]c(Cn2cccn2)n1. The Hall–Kier alpha value is -1.69. The summed E-state index contributed by atoms with van der Waals surface area (Å²) in [6.07, 6.45) is 2.90. The second-order valence-corrected chi connectivity index (χ2v) is 3.02. The van der Waals surface area contributed by atoms with Crippen LogP contribution < -0.4 is 0 Å². The van der Waals surface area contributed by atoms with Crippen molar-refractivity contribution in [3.63, 3.8) is 0 Å². The minimum Gasteiger partial charge on any atom is -0.385 e. The molecular formula is C8H11N5O. The van der Waals surface area contributed by atoms with E-state index in [9.17, 15) is 5.11 Å². The third kappa shape index (κ3) is 1.80. The molecule has 2 aromatic heterocycles. The highest BCUT2D eigenvalue weighted by molar-refractivity contribution is 4.93. The van der Waals surface area contributed by atoms with Crippen molar-refractivity contribution in [2.24, 2.45) is 0 Å². The van der Waals surface area contributed by atoms with Gasteiger partial charge in [-0.05, 0) is 13.0 Å². The van der Waals surface area contributed by atoms with E-state index < -0.39 is 6.10 Å². The predicted molar refractivity (Wildman–Crippen MR) is 48.3 cm³/mol. The number of nitrogens with one attached hydrogen (secondary N) is 1. The van der Waals surface area contributed by atoms with Crippen molar-refractivity contribution in [2.75, 3.05) is 0 Å². The van der Waals surface area contributed by atoms with E-state index in [4.69, 9.17) is 0 Å². The molecule has 0 saturated heterocycles. The lowest BCUT2D eigenvalue weighted by Crippen LogP contribution is -2.02. The summed E-state index contributed by atoms with van der Waals surface area (Å²) in [5.74, 6) is 1.09. The first-order valence-corrected chi connectivity index (χ1v) is 4.32. The van der Waals surface area contributed by atoms with Crippen LogP contribution in [-0.4, -0.2) is 30.1 Å². The largest absolute Gasteiger partial charge is 0.385 e. The summed E-state index contributed by atoms with van der Waals surface area (Å²) in [5, 5.41) is 19.8. The molecule has 6 nitrogen and oxygen atoms in total. The minimum absolute atomic E-state index is 0.409. The molecule has 2 heterocycles. The maximum absolute atomic E-state index is 9.20. The van der Waals surface area contributed by atoms with Gasteiger partial charge in [0, 0.05) is 12.4 Å². The average Bonchev–Trinajstić information content (AvgIpc) is 2.75. The Bertz CT molecular complexity index is 392. The first-order valence-electron chi connectivity index (χ1n) is 4.32. The van der Waals surface area contributed by atoms with Crippen LogP contribution in [0.5, 0.6) is 0 Å². The van der Waals surface area contributed by atoms with Crippen LogP contribution in [0, 0.1) is 0 Å². The molecule has 0 aliphatic rings. The van der Waals surface area contributed by atoms with Gasteiger partial charge in [0.1, 0.15) is 18.5 Å². The molecule has 2 aromatic rings. The first-order chi connectivity index (χ1) is 6.75. The molecule has 0 saturated carbocycles. The number of aromatic nitrogens is 5. The molecule has 0 bridgehead atoms. The Labute approximate surface area is 80.6 Å². The van der Waals surface area contributed by atoms with Crippen molar-refractivity contribution in [2.45, 2.75) is 19.6 Å². The van der Waals surface area contributed by atoms with Crippen molar-refractivity contribution < 1.29 is 5.11 Å². The third-order valence-corrected chi connectivity index (χ3v) is 1.79. The van der Waals surface area contributed by atoms with Crippen LogP contribution in [0.3, 0.4) is 0 Å². The van der Waals surface area contributed by atoms with Gasteiger partial charge in [-0.2, -0.15) is 10.2 Å². The smallest absolute Gasteiger partial charge is 0.178 e. The maximum atomic E-state index is 9.20. The lowest BCUT2D eigenvalue weighted by Gasteiger charge is -1.96. The minimum atomic E-state index is -0.641. The average molecular weight is 193 g/mol. The van der Waals surface area contributed by atoms with Gasteiger partial charge >= 0.3 is 0 Å². The summed E-state index contributed by atoms with van der Waals surface area (Å²) in [4.78, 5) is 4.11. The normalized spacial score (nSPS) is 13.0. The zero-order valence-corrected chi connectivity index (χ0v) is 7.75. The van der Waals surface area contributed by atoms with Crippen LogP contribution in [-0.2, 0) is 6.54 Å². The van der Waals surface area contributed by atoms with Gasteiger partial charge in [-0.15, -0.1) is 0 Å². The molecule has 0 amide bonds. The second-order valence-electron chi connectivity index (χ2n) is 3.02. The summed E-state index contributed by atoms with van der Waals surface area (Å²) in [5.41, 5.74) is 0. The highest BCUT2D eigenvalue weighted by Crippen LogP contribution is 2.05. The third-order valence-electron chi connectivity index (χ3n) is 1.79. The molecule has 6 heteroatoms. The molecular weight excluding hydrogens is 182 g/mol. The Kier molecular flexibility index (Phi) is 2.28. The Morgan fingerprint density at radius 1 is 1.64 bits per heavy atom. The Balaban J connectivity index is 2.11. The molecule has 0 spiro atoms. The lowest BCUT2D eigenvalue weighted by atomic mass is 10.4. The van der Waals surface area contributed by atoms with E-state index in [1.165, 1.54) is 0 Å². The van der Waals surface area contributed by atoms with Gasteiger partial charge in [-0.1, -0.05) is 0 Å². The molecule has 74 valence electrons. The molecule has 2 N–H and O–H groups in total. The van der Waals surface area contributed by atoms with Crippen molar-refractivity contribution in [3.05, 3.63) is 30.1 Å². The number of H-pyrrole nitrogens is 1. The number of aromatic amines is 1. The van der Waals surface area contributed by atoms with Crippen LogP contribution in [0.4, 0.5) is 0 Å². The number of nitrogens with zero attached hydrogens (tertiary/aromatic N) is 4. The van der Waals surface area contributed by atoms with Crippen LogP contribution in [0.2, 0.25) is 0 Å². The predicted octanol–water partition coefficient (Wildman–Crippen LogP) is 0.103. The topological polar surface area (TPSA) is 79.6 Å². The lowest BCUT2D eigenvalue weighted by molar-refractivity contribution is 0.189. The van der Waals surface area contributed by atoms with Crippen molar-refractivity contribution in [1.29, 1.82) is 0 Å². The van der Waals surface area contributed by atoms with E-state index in [2.05, 4.69) is 20.3 Å². The molecule has 0 fully saturated rings. The molecule has 1 atom stereocenters. The highest BCUT2D eigenvalue weighted by atomic mass is 16.3. The van der Waals surface area contributed by atoms with Gasteiger partial charge in [0.15, 0.2) is 5.82 Å². The van der Waals surface area contributed by atoms with Crippen molar-refractivity contribution in [1.82, 2.24) is 25.0 Å². The summed E-state index contributed by atoms with van der Waals surface area (Å²) in [6.45, 7) is 2.16. The zero-order chi connectivity index (χ0) is 9.97. The van der Waals surface area contributed by atoms with Crippen molar-refractivity contribution >= 4 is 0 Å². The fraction of sp³-hybridized carbons (Fsp3) is 0.375. The summed E-state index contributed by atoms with van der Waals surface area (Å²) in [6, 6.07) is 1.84. The van der Waals surface area contributed by atoms with Crippen LogP contribution in [0.1, 0.15) is 24.7 Å². The van der Waals surface area contributed by atoms with Gasteiger partial charge < -0.3 is 5.11 Å². The Morgan fingerprint density at radius 2 is 2.50 bits per heavy atom. The van der Waals surface area contributed by atoms with Crippen molar-refractivity contribution in [3.8, 4) is 0 Å². The summed E-state index contributed by atoms with van der Waals surface area (Å²) < 4.78 is 1.73. The molecule has 14 heavy (non-hydrogen) atoms. The fourth-order valence-corrected chi connectivity index (χ4v) is 1.12.